The Morgan fingerprint density at radius 2 is 2.04 bits per heavy atom. The van der Waals surface area contributed by atoms with Crippen LogP contribution in [0.2, 0.25) is 0 Å². The largest absolute Gasteiger partial charge is 0.367 e. The molecule has 1 aromatic heterocycles. The Bertz CT molecular complexity index is 694. The van der Waals surface area contributed by atoms with Crippen LogP contribution >= 0.6 is 22.6 Å². The van der Waals surface area contributed by atoms with E-state index in [1.807, 2.05) is 31.6 Å². The van der Waals surface area contributed by atoms with Crippen molar-refractivity contribution in [3.05, 3.63) is 15.5 Å². The van der Waals surface area contributed by atoms with E-state index in [4.69, 9.17) is 4.84 Å². The molecular weight excluding hydrogens is 447 g/mol. The highest BCUT2D eigenvalue weighted by Gasteiger charge is 2.38. The Kier molecular flexibility index (Phi) is 6.63. The number of piperidine rings is 1. The lowest BCUT2D eigenvalue weighted by atomic mass is 9.83. The van der Waals surface area contributed by atoms with Crippen LogP contribution in [0.5, 0.6) is 0 Å². The monoisotopic (exact) mass is 474 g/mol. The summed E-state index contributed by atoms with van der Waals surface area (Å²) in [6.45, 7) is 10.7. The smallest absolute Gasteiger partial charge is 0.330 e. The zero-order valence-corrected chi connectivity index (χ0v) is 18.2. The third kappa shape index (κ3) is 5.14. The fourth-order valence-corrected chi connectivity index (χ4v) is 3.40. The molecule has 1 aliphatic rings. The molecule has 7 nitrogen and oxygen atoms in total. The number of halogens is 1. The van der Waals surface area contributed by atoms with Crippen LogP contribution in [0.4, 0.5) is 0 Å². The van der Waals surface area contributed by atoms with Crippen molar-refractivity contribution < 1.29 is 14.4 Å². The van der Waals surface area contributed by atoms with Crippen LogP contribution in [0.25, 0.3) is 0 Å². The second kappa shape index (κ2) is 8.19. The van der Waals surface area contributed by atoms with Gasteiger partial charge in [-0.1, -0.05) is 0 Å². The summed E-state index contributed by atoms with van der Waals surface area (Å²) in [6.07, 6.45) is 5.66. The molecule has 0 bridgehead atoms. The molecule has 2 heterocycles. The van der Waals surface area contributed by atoms with Gasteiger partial charge in [-0.25, -0.2) is 9.59 Å². The maximum atomic E-state index is 12.1. The quantitative estimate of drug-likeness (QED) is 0.372. The summed E-state index contributed by atoms with van der Waals surface area (Å²) in [5.74, 6) is -0.253. The van der Waals surface area contributed by atoms with E-state index in [9.17, 15) is 9.59 Å². The van der Waals surface area contributed by atoms with Gasteiger partial charge in [-0.3, -0.25) is 4.68 Å². The molecule has 144 valence electrons. The number of isocyanates is 1. The molecule has 0 N–H and O–H groups in total. The minimum Gasteiger partial charge on any atom is -0.367 e. The van der Waals surface area contributed by atoms with Crippen LogP contribution in [0.3, 0.4) is 0 Å². The van der Waals surface area contributed by atoms with Gasteiger partial charge in [-0.15, -0.1) is 5.06 Å². The minimum atomic E-state index is -0.545. The minimum absolute atomic E-state index is 0.253. The lowest BCUT2D eigenvalue weighted by Crippen LogP contribution is -2.46. The predicted molar refractivity (Wildman–Crippen MR) is 106 cm³/mol. The van der Waals surface area contributed by atoms with Crippen molar-refractivity contribution in [1.82, 2.24) is 14.8 Å². The number of hydroxylamine groups is 2. The van der Waals surface area contributed by atoms with Crippen molar-refractivity contribution in [3.8, 4) is 0 Å². The number of hydrogen-bond acceptors (Lipinski definition) is 6. The molecule has 2 rings (SSSR count). The number of carbonyl (C=O) groups excluding carboxylic acids is 2. The fourth-order valence-electron chi connectivity index (χ4n) is 2.82. The molecule has 1 saturated heterocycles. The van der Waals surface area contributed by atoms with Crippen molar-refractivity contribution in [2.24, 2.45) is 10.4 Å². The highest BCUT2D eigenvalue weighted by atomic mass is 127. The molecule has 0 radical (unpaired) electrons. The van der Waals surface area contributed by atoms with Crippen LogP contribution in [0.1, 0.15) is 59.1 Å². The topological polar surface area (TPSA) is 76.8 Å². The van der Waals surface area contributed by atoms with E-state index < -0.39 is 11.0 Å². The number of carbonyl (C=O) groups is 1. The van der Waals surface area contributed by atoms with Crippen molar-refractivity contribution in [2.75, 3.05) is 13.1 Å². The van der Waals surface area contributed by atoms with Gasteiger partial charge in [-0.05, 0) is 70.1 Å². The summed E-state index contributed by atoms with van der Waals surface area (Å²) in [5, 5.41) is 6.21. The number of aromatic nitrogens is 2. The average Bonchev–Trinajstić information content (AvgIpc) is 2.90. The molecule has 0 saturated carbocycles. The predicted octanol–water partition coefficient (Wildman–Crippen LogP) is 3.29. The van der Waals surface area contributed by atoms with Crippen molar-refractivity contribution in [3.63, 3.8) is 0 Å². The van der Waals surface area contributed by atoms with E-state index in [2.05, 4.69) is 46.5 Å². The molecule has 1 fully saturated rings. The normalized spacial score (nSPS) is 17.8. The Hall–Kier alpha value is -1.25. The summed E-state index contributed by atoms with van der Waals surface area (Å²) in [4.78, 5) is 32.7. The van der Waals surface area contributed by atoms with E-state index in [1.165, 1.54) is 0 Å². The molecule has 1 aliphatic heterocycles. The molecular formula is C18H27IN4O3. The van der Waals surface area contributed by atoms with Crippen LogP contribution in [0, 0.1) is 9.12 Å². The molecule has 0 aromatic carbocycles. The van der Waals surface area contributed by atoms with Gasteiger partial charge in [0.25, 0.3) is 0 Å². The molecule has 0 unspecified atom stereocenters. The van der Waals surface area contributed by atoms with Gasteiger partial charge >= 0.3 is 5.97 Å². The first-order valence-electron chi connectivity index (χ1n) is 8.86. The third-order valence-corrected chi connectivity index (χ3v) is 5.47. The van der Waals surface area contributed by atoms with E-state index in [1.54, 1.807) is 11.1 Å². The molecule has 0 atom stereocenters. The van der Waals surface area contributed by atoms with Crippen molar-refractivity contribution in [2.45, 2.75) is 65.5 Å². The van der Waals surface area contributed by atoms with Gasteiger partial charge in [0.15, 0.2) is 0 Å². The van der Waals surface area contributed by atoms with Crippen molar-refractivity contribution in [1.29, 1.82) is 0 Å². The Balaban J connectivity index is 2.08. The van der Waals surface area contributed by atoms with Gasteiger partial charge in [0.05, 0.1) is 11.0 Å². The van der Waals surface area contributed by atoms with Gasteiger partial charge in [-0.2, -0.15) is 10.1 Å². The van der Waals surface area contributed by atoms with Gasteiger partial charge in [0.1, 0.15) is 3.70 Å². The zero-order chi connectivity index (χ0) is 19.5. The SMILES string of the molecule is CC(C)n1cc(CC2(N=C=O)CCN(OC(=O)C(C)(C)C)CC2)c(I)n1. The first-order valence-corrected chi connectivity index (χ1v) is 9.94. The molecule has 26 heavy (non-hydrogen) atoms. The van der Waals surface area contributed by atoms with Crippen LogP contribution in [-0.4, -0.2) is 45.5 Å². The number of hydrogen-bond donors (Lipinski definition) is 0. The standard InChI is InChI=1S/C18H27IN4O3/c1-13(2)23-11-14(15(19)21-23)10-18(20-12-24)6-8-22(9-7-18)26-16(25)17(3,4)5/h11,13H,6-10H2,1-5H3. The Morgan fingerprint density at radius 1 is 1.42 bits per heavy atom. The maximum absolute atomic E-state index is 12.1. The second-order valence-corrected chi connectivity index (χ2v) is 9.20. The van der Waals surface area contributed by atoms with E-state index in [0.29, 0.717) is 32.4 Å². The lowest BCUT2D eigenvalue weighted by molar-refractivity contribution is -0.206. The number of aliphatic imine (C=N–C) groups is 1. The maximum Gasteiger partial charge on any atom is 0.330 e. The molecule has 0 spiro atoms. The highest BCUT2D eigenvalue weighted by Crippen LogP contribution is 2.32. The molecule has 8 heteroatoms. The van der Waals surface area contributed by atoms with Crippen LogP contribution in [0.15, 0.2) is 11.2 Å². The van der Waals surface area contributed by atoms with Gasteiger partial charge in [0, 0.05) is 37.3 Å². The first-order chi connectivity index (χ1) is 12.1. The summed E-state index contributed by atoms with van der Waals surface area (Å²) >= 11 is 2.22. The second-order valence-electron chi connectivity index (χ2n) is 8.18. The first kappa shape index (κ1) is 21.1. The molecule has 1 aromatic rings. The van der Waals surface area contributed by atoms with E-state index in [0.717, 1.165) is 9.26 Å². The van der Waals surface area contributed by atoms with Gasteiger partial charge < -0.3 is 4.84 Å². The summed E-state index contributed by atoms with van der Waals surface area (Å²) in [6, 6.07) is 0.279. The number of rotatable bonds is 5. The average molecular weight is 474 g/mol. The highest BCUT2D eigenvalue weighted by molar-refractivity contribution is 14.1. The third-order valence-electron chi connectivity index (χ3n) is 4.57. The summed E-state index contributed by atoms with van der Waals surface area (Å²) in [5.41, 5.74) is 0.0206. The Morgan fingerprint density at radius 3 is 2.50 bits per heavy atom. The Labute approximate surface area is 168 Å². The fraction of sp³-hybridized carbons (Fsp3) is 0.722. The summed E-state index contributed by atoms with van der Waals surface area (Å²) in [7, 11) is 0. The van der Waals surface area contributed by atoms with E-state index in [-0.39, 0.29) is 12.0 Å². The van der Waals surface area contributed by atoms with Crippen LogP contribution in [-0.2, 0) is 20.8 Å². The molecule has 0 aliphatic carbocycles. The van der Waals surface area contributed by atoms with Crippen LogP contribution < -0.4 is 0 Å². The van der Waals surface area contributed by atoms with Gasteiger partial charge in [0.2, 0.25) is 6.08 Å². The number of nitrogens with zero attached hydrogens (tertiary/aromatic N) is 4. The zero-order valence-electron chi connectivity index (χ0n) is 16.1. The molecule has 0 amide bonds. The van der Waals surface area contributed by atoms with E-state index >= 15 is 0 Å². The summed E-state index contributed by atoms with van der Waals surface area (Å²) < 4.78 is 2.86. The van der Waals surface area contributed by atoms with Crippen molar-refractivity contribution >= 4 is 34.6 Å². The lowest BCUT2D eigenvalue weighted by Gasteiger charge is -2.37.